The van der Waals surface area contributed by atoms with Crippen LogP contribution in [0, 0.1) is 0 Å². The maximum atomic E-state index is 13.0. The number of morpholine rings is 1. The van der Waals surface area contributed by atoms with E-state index in [1.807, 2.05) is 6.07 Å². The topological polar surface area (TPSA) is 92.2 Å². The fraction of sp³-hybridized carbons (Fsp3) is 0.375. The van der Waals surface area contributed by atoms with Crippen molar-refractivity contribution in [1.82, 2.24) is 14.8 Å². The molecule has 2 aliphatic rings. The highest BCUT2D eigenvalue weighted by Gasteiger charge is 2.46. The SMILES string of the molecule is COc1cccc(/C(O)=C2\C(=O)C(=O)N(CCCN3CCOCC3)C2c2ccccn2)c1. The second-order valence-electron chi connectivity index (χ2n) is 7.79. The van der Waals surface area contributed by atoms with E-state index in [9.17, 15) is 14.7 Å². The van der Waals surface area contributed by atoms with Crippen molar-refractivity contribution in [3.05, 3.63) is 65.5 Å². The van der Waals surface area contributed by atoms with E-state index in [-0.39, 0.29) is 11.3 Å². The summed E-state index contributed by atoms with van der Waals surface area (Å²) in [7, 11) is 1.53. The number of methoxy groups -OCH3 is 1. The summed E-state index contributed by atoms with van der Waals surface area (Å²) in [5.74, 6) is -1.00. The molecule has 168 valence electrons. The van der Waals surface area contributed by atoms with E-state index in [2.05, 4.69) is 9.88 Å². The second-order valence-corrected chi connectivity index (χ2v) is 7.79. The lowest BCUT2D eigenvalue weighted by Gasteiger charge is -2.28. The van der Waals surface area contributed by atoms with Gasteiger partial charge in [-0.05, 0) is 30.7 Å². The van der Waals surface area contributed by atoms with Crippen LogP contribution in [0.1, 0.15) is 23.7 Å². The Morgan fingerprint density at radius 3 is 2.69 bits per heavy atom. The average Bonchev–Trinajstić information content (AvgIpc) is 3.10. The Morgan fingerprint density at radius 1 is 1.16 bits per heavy atom. The number of ketones is 1. The average molecular weight is 437 g/mol. The number of carbonyl (C=O) groups is 2. The van der Waals surface area contributed by atoms with Crippen molar-refractivity contribution in [2.75, 3.05) is 46.5 Å². The highest BCUT2D eigenvalue weighted by Crippen LogP contribution is 2.39. The van der Waals surface area contributed by atoms with E-state index in [4.69, 9.17) is 9.47 Å². The van der Waals surface area contributed by atoms with Gasteiger partial charge in [-0.3, -0.25) is 19.5 Å². The summed E-state index contributed by atoms with van der Waals surface area (Å²) in [5.41, 5.74) is 1.01. The van der Waals surface area contributed by atoms with Crippen molar-refractivity contribution in [3.8, 4) is 5.75 Å². The summed E-state index contributed by atoms with van der Waals surface area (Å²) < 4.78 is 10.6. The summed E-state index contributed by atoms with van der Waals surface area (Å²) in [6, 6.07) is 11.4. The zero-order valence-corrected chi connectivity index (χ0v) is 18.1. The van der Waals surface area contributed by atoms with Crippen LogP contribution in [0.15, 0.2) is 54.2 Å². The zero-order valence-electron chi connectivity index (χ0n) is 18.1. The van der Waals surface area contributed by atoms with Gasteiger partial charge in [0.1, 0.15) is 17.6 Å². The van der Waals surface area contributed by atoms with E-state index in [0.29, 0.717) is 43.2 Å². The number of hydrogen-bond acceptors (Lipinski definition) is 7. The number of aliphatic hydroxyl groups is 1. The minimum absolute atomic E-state index is 0.0494. The largest absolute Gasteiger partial charge is 0.507 e. The predicted octanol–water partition coefficient (Wildman–Crippen LogP) is 2.23. The van der Waals surface area contributed by atoms with Crippen LogP contribution in [0.25, 0.3) is 5.76 Å². The molecule has 1 unspecified atom stereocenters. The molecule has 8 nitrogen and oxygen atoms in total. The molecule has 1 amide bonds. The molecule has 3 heterocycles. The molecule has 0 bridgehead atoms. The number of aliphatic hydroxyl groups excluding tert-OH is 1. The molecular weight excluding hydrogens is 410 g/mol. The smallest absolute Gasteiger partial charge is 0.295 e. The van der Waals surface area contributed by atoms with Crippen molar-refractivity contribution in [2.45, 2.75) is 12.5 Å². The van der Waals surface area contributed by atoms with Crippen LogP contribution >= 0.6 is 0 Å². The molecule has 1 N–H and O–H groups in total. The summed E-state index contributed by atoms with van der Waals surface area (Å²) in [6.07, 6.45) is 2.32. The van der Waals surface area contributed by atoms with Crippen LogP contribution in [0.5, 0.6) is 5.75 Å². The number of ether oxygens (including phenoxy) is 2. The van der Waals surface area contributed by atoms with Crippen molar-refractivity contribution in [3.63, 3.8) is 0 Å². The highest BCUT2D eigenvalue weighted by atomic mass is 16.5. The third kappa shape index (κ3) is 4.51. The third-order valence-corrected chi connectivity index (χ3v) is 5.83. The Labute approximate surface area is 187 Å². The summed E-state index contributed by atoms with van der Waals surface area (Å²) in [4.78, 5) is 34.2. The Balaban J connectivity index is 1.65. The molecule has 1 aromatic heterocycles. The summed E-state index contributed by atoms with van der Waals surface area (Å²) in [6.45, 7) is 4.32. The maximum absolute atomic E-state index is 13.0. The molecular formula is C24H27N3O5. The number of aromatic nitrogens is 1. The van der Waals surface area contributed by atoms with E-state index in [0.717, 1.165) is 19.6 Å². The second kappa shape index (κ2) is 9.93. The first kappa shape index (κ1) is 22.0. The number of rotatable bonds is 7. The number of carbonyl (C=O) groups excluding carboxylic acids is 2. The monoisotopic (exact) mass is 437 g/mol. The van der Waals surface area contributed by atoms with Gasteiger partial charge in [-0.25, -0.2) is 0 Å². The van der Waals surface area contributed by atoms with Gasteiger partial charge in [0.05, 0.1) is 31.6 Å². The third-order valence-electron chi connectivity index (χ3n) is 5.83. The molecule has 2 aromatic rings. The molecule has 2 saturated heterocycles. The van der Waals surface area contributed by atoms with Gasteiger partial charge < -0.3 is 19.5 Å². The van der Waals surface area contributed by atoms with Crippen molar-refractivity contribution in [2.24, 2.45) is 0 Å². The number of likely N-dealkylation sites (tertiary alicyclic amines) is 1. The van der Waals surface area contributed by atoms with Gasteiger partial charge in [0, 0.05) is 37.9 Å². The number of pyridine rings is 1. The molecule has 0 saturated carbocycles. The summed E-state index contributed by atoms with van der Waals surface area (Å²) in [5, 5.41) is 11.1. The standard InChI is InChI=1S/C24H27N3O5/c1-31-18-7-4-6-17(16-18)22(28)20-21(19-8-2-3-9-25-19)27(24(30)23(20)29)11-5-10-26-12-14-32-15-13-26/h2-4,6-9,16,21,28H,5,10-15H2,1H3/b22-20+. The Hall–Kier alpha value is -3.23. The van der Waals surface area contributed by atoms with Crippen LogP contribution in [-0.4, -0.2) is 78.1 Å². The zero-order chi connectivity index (χ0) is 22.5. The molecule has 32 heavy (non-hydrogen) atoms. The predicted molar refractivity (Wildman–Crippen MR) is 118 cm³/mol. The maximum Gasteiger partial charge on any atom is 0.295 e. The number of hydrogen-bond donors (Lipinski definition) is 1. The van der Waals surface area contributed by atoms with Gasteiger partial charge >= 0.3 is 0 Å². The summed E-state index contributed by atoms with van der Waals surface area (Å²) >= 11 is 0. The lowest BCUT2D eigenvalue weighted by atomic mass is 9.98. The first-order valence-electron chi connectivity index (χ1n) is 10.7. The lowest BCUT2D eigenvalue weighted by Crippen LogP contribution is -2.39. The fourth-order valence-corrected chi connectivity index (χ4v) is 4.17. The van der Waals surface area contributed by atoms with Crippen LogP contribution in [0.2, 0.25) is 0 Å². The van der Waals surface area contributed by atoms with Crippen molar-refractivity contribution >= 4 is 17.4 Å². The van der Waals surface area contributed by atoms with Crippen molar-refractivity contribution in [1.29, 1.82) is 0 Å². The minimum atomic E-state index is -0.743. The number of amides is 1. The Morgan fingerprint density at radius 2 is 1.97 bits per heavy atom. The van der Waals surface area contributed by atoms with E-state index in [1.165, 1.54) is 12.0 Å². The van der Waals surface area contributed by atoms with Gasteiger partial charge in [0.2, 0.25) is 0 Å². The first-order chi connectivity index (χ1) is 15.6. The van der Waals surface area contributed by atoms with Crippen LogP contribution in [0.4, 0.5) is 0 Å². The molecule has 2 aliphatic heterocycles. The minimum Gasteiger partial charge on any atom is -0.507 e. The number of Topliss-reactive ketones (excluding diaryl/α,β-unsaturated/α-hetero) is 1. The van der Waals surface area contributed by atoms with Crippen LogP contribution in [-0.2, 0) is 14.3 Å². The van der Waals surface area contributed by atoms with Gasteiger partial charge in [-0.1, -0.05) is 18.2 Å². The Bertz CT molecular complexity index is 1000. The van der Waals surface area contributed by atoms with E-state index >= 15 is 0 Å². The molecule has 8 heteroatoms. The van der Waals surface area contributed by atoms with E-state index in [1.54, 1.807) is 42.6 Å². The molecule has 4 rings (SSSR count). The molecule has 1 atom stereocenters. The molecule has 2 fully saturated rings. The van der Waals surface area contributed by atoms with Crippen LogP contribution in [0.3, 0.4) is 0 Å². The van der Waals surface area contributed by atoms with Crippen molar-refractivity contribution < 1.29 is 24.2 Å². The van der Waals surface area contributed by atoms with Gasteiger partial charge in [-0.2, -0.15) is 0 Å². The molecule has 0 aliphatic carbocycles. The number of benzene rings is 1. The highest BCUT2D eigenvalue weighted by molar-refractivity contribution is 6.46. The van der Waals surface area contributed by atoms with Gasteiger partial charge in [0.25, 0.3) is 11.7 Å². The Kier molecular flexibility index (Phi) is 6.82. The molecule has 1 aromatic carbocycles. The van der Waals surface area contributed by atoms with E-state index < -0.39 is 17.7 Å². The van der Waals surface area contributed by atoms with Gasteiger partial charge in [-0.15, -0.1) is 0 Å². The molecule has 0 radical (unpaired) electrons. The first-order valence-corrected chi connectivity index (χ1v) is 10.7. The number of nitrogens with zero attached hydrogens (tertiary/aromatic N) is 3. The quantitative estimate of drug-likeness (QED) is 0.403. The normalized spacial score (nSPS) is 21.2. The molecule has 0 spiro atoms. The fourth-order valence-electron chi connectivity index (χ4n) is 4.17. The van der Waals surface area contributed by atoms with Crippen LogP contribution < -0.4 is 4.74 Å². The lowest BCUT2D eigenvalue weighted by molar-refractivity contribution is -0.140. The van der Waals surface area contributed by atoms with Gasteiger partial charge in [0.15, 0.2) is 0 Å².